The monoisotopic (exact) mass is 251 g/mol. The van der Waals surface area contributed by atoms with E-state index >= 15 is 0 Å². The van der Waals surface area contributed by atoms with Gasteiger partial charge in [0.25, 0.3) is 0 Å². The Hall–Kier alpha value is -1.69. The van der Waals surface area contributed by atoms with Crippen molar-refractivity contribution in [3.8, 4) is 10.6 Å². The molecule has 0 radical (unpaired) electrons. The molecule has 0 saturated carbocycles. The molecule has 2 rings (SSSR count). The lowest BCUT2D eigenvalue weighted by molar-refractivity contribution is -0.136. The van der Waals surface area contributed by atoms with Crippen molar-refractivity contribution in [1.29, 1.82) is 0 Å². The largest absolute Gasteiger partial charge is 0.481 e. The van der Waals surface area contributed by atoms with E-state index in [1.165, 1.54) is 11.3 Å². The molecule has 0 saturated heterocycles. The van der Waals surface area contributed by atoms with Crippen LogP contribution in [0.5, 0.6) is 0 Å². The molecule has 0 aromatic carbocycles. The number of aryl methyl sites for hydroxylation is 2. The quantitative estimate of drug-likeness (QED) is 0.898. The Balaban J connectivity index is 2.32. The predicted molar refractivity (Wildman–Crippen MR) is 65.0 cm³/mol. The highest BCUT2D eigenvalue weighted by atomic mass is 32.1. The summed E-state index contributed by atoms with van der Waals surface area (Å²) in [5.74, 6) is -0.858. The van der Waals surface area contributed by atoms with Crippen LogP contribution in [0.4, 0.5) is 0 Å². The van der Waals surface area contributed by atoms with Crippen LogP contribution in [0.3, 0.4) is 0 Å². The average molecular weight is 251 g/mol. The number of nitrogens with zero attached hydrogens (tertiary/aromatic N) is 3. The van der Waals surface area contributed by atoms with E-state index in [1.807, 2.05) is 20.2 Å². The topological polar surface area (TPSA) is 68.0 Å². The van der Waals surface area contributed by atoms with E-state index < -0.39 is 5.97 Å². The summed E-state index contributed by atoms with van der Waals surface area (Å²) in [6.45, 7) is 2.04. The van der Waals surface area contributed by atoms with E-state index in [0.29, 0.717) is 5.69 Å². The van der Waals surface area contributed by atoms with Crippen LogP contribution in [0.15, 0.2) is 11.6 Å². The lowest BCUT2D eigenvalue weighted by Crippen LogP contribution is -1.99. The number of rotatable bonds is 4. The van der Waals surface area contributed by atoms with Gasteiger partial charge in [-0.05, 0) is 6.42 Å². The number of carboxylic acids is 1. The van der Waals surface area contributed by atoms with Crippen molar-refractivity contribution in [2.75, 3.05) is 0 Å². The molecule has 2 heterocycles. The number of hydrogen-bond acceptors (Lipinski definition) is 4. The van der Waals surface area contributed by atoms with Crippen LogP contribution in [0.1, 0.15) is 18.3 Å². The summed E-state index contributed by atoms with van der Waals surface area (Å²) in [6, 6.07) is 0. The Bertz CT molecular complexity index is 545. The van der Waals surface area contributed by atoms with Gasteiger partial charge >= 0.3 is 5.97 Å². The molecule has 0 aliphatic heterocycles. The van der Waals surface area contributed by atoms with E-state index in [0.717, 1.165) is 22.7 Å². The van der Waals surface area contributed by atoms with Crippen LogP contribution in [0.25, 0.3) is 10.6 Å². The van der Waals surface area contributed by atoms with Crippen molar-refractivity contribution in [2.24, 2.45) is 7.05 Å². The van der Waals surface area contributed by atoms with Crippen LogP contribution in [0.2, 0.25) is 0 Å². The van der Waals surface area contributed by atoms with Gasteiger partial charge in [0, 0.05) is 18.6 Å². The van der Waals surface area contributed by atoms with E-state index in [1.54, 1.807) is 10.1 Å². The lowest BCUT2D eigenvalue weighted by atomic mass is 10.2. The van der Waals surface area contributed by atoms with Crippen LogP contribution in [-0.2, 0) is 24.7 Å². The number of carbonyl (C=O) groups is 1. The minimum absolute atomic E-state index is 0.0295. The summed E-state index contributed by atoms with van der Waals surface area (Å²) >= 11 is 1.46. The maximum atomic E-state index is 10.6. The summed E-state index contributed by atoms with van der Waals surface area (Å²) in [5.41, 5.74) is 2.59. The standard InChI is InChI=1S/C11H13N3O2S/c1-3-9-8(5-14(2)13-9)11-12-7(6-17-11)4-10(15)16/h5-6H,3-4H2,1-2H3,(H,15,16). The first-order valence-corrected chi connectivity index (χ1v) is 6.17. The molecule has 0 bridgehead atoms. The fraction of sp³-hybridized carbons (Fsp3) is 0.364. The summed E-state index contributed by atoms with van der Waals surface area (Å²) in [4.78, 5) is 14.9. The first-order valence-electron chi connectivity index (χ1n) is 5.29. The zero-order valence-corrected chi connectivity index (χ0v) is 10.5. The Morgan fingerprint density at radius 3 is 3.00 bits per heavy atom. The molecule has 0 amide bonds. The van der Waals surface area contributed by atoms with Crippen molar-refractivity contribution >= 4 is 17.3 Å². The molecule has 5 nitrogen and oxygen atoms in total. The minimum Gasteiger partial charge on any atom is -0.481 e. The fourth-order valence-electron chi connectivity index (χ4n) is 1.64. The first kappa shape index (κ1) is 11.8. The van der Waals surface area contributed by atoms with Crippen molar-refractivity contribution in [2.45, 2.75) is 19.8 Å². The van der Waals surface area contributed by atoms with E-state index in [-0.39, 0.29) is 6.42 Å². The molecular formula is C11H13N3O2S. The second-order valence-corrected chi connectivity index (χ2v) is 4.59. The summed E-state index contributed by atoms with van der Waals surface area (Å²) in [6.07, 6.45) is 2.73. The molecule has 0 fully saturated rings. The number of aliphatic carboxylic acids is 1. The number of aromatic nitrogens is 3. The third-order valence-electron chi connectivity index (χ3n) is 2.35. The zero-order chi connectivity index (χ0) is 12.4. The SMILES string of the molecule is CCc1nn(C)cc1-c1nc(CC(=O)O)cs1. The fourth-order valence-corrected chi connectivity index (χ4v) is 2.49. The Kier molecular flexibility index (Phi) is 3.23. The van der Waals surface area contributed by atoms with Gasteiger partial charge in [0.1, 0.15) is 5.01 Å². The molecule has 0 unspecified atom stereocenters. The minimum atomic E-state index is -0.858. The van der Waals surface area contributed by atoms with Crippen molar-refractivity contribution in [3.63, 3.8) is 0 Å². The molecule has 17 heavy (non-hydrogen) atoms. The second-order valence-electron chi connectivity index (χ2n) is 3.73. The number of thiazole rings is 1. The molecule has 0 spiro atoms. The maximum absolute atomic E-state index is 10.6. The van der Waals surface area contributed by atoms with Crippen LogP contribution in [-0.4, -0.2) is 25.8 Å². The summed E-state index contributed by atoms with van der Waals surface area (Å²) in [5, 5.41) is 15.7. The van der Waals surface area contributed by atoms with Crippen LogP contribution < -0.4 is 0 Å². The third kappa shape index (κ3) is 2.52. The molecule has 0 aliphatic carbocycles. The van der Waals surface area contributed by atoms with Gasteiger partial charge in [-0.1, -0.05) is 6.92 Å². The molecule has 6 heteroatoms. The molecule has 0 atom stereocenters. The van der Waals surface area contributed by atoms with Gasteiger partial charge in [-0.3, -0.25) is 9.48 Å². The molecule has 2 aromatic heterocycles. The second kappa shape index (κ2) is 4.67. The van der Waals surface area contributed by atoms with Crippen LogP contribution >= 0.6 is 11.3 Å². The Morgan fingerprint density at radius 2 is 2.35 bits per heavy atom. The molecule has 2 aromatic rings. The normalized spacial score (nSPS) is 10.7. The number of carboxylic acid groups (broad SMARTS) is 1. The van der Waals surface area contributed by atoms with Crippen molar-refractivity contribution in [1.82, 2.24) is 14.8 Å². The Labute approximate surface area is 103 Å². The van der Waals surface area contributed by atoms with Gasteiger partial charge in [-0.15, -0.1) is 11.3 Å². The third-order valence-corrected chi connectivity index (χ3v) is 3.28. The predicted octanol–water partition coefficient (Wildman–Crippen LogP) is 1.73. The highest BCUT2D eigenvalue weighted by molar-refractivity contribution is 7.13. The molecule has 1 N–H and O–H groups in total. The maximum Gasteiger partial charge on any atom is 0.309 e. The van der Waals surface area contributed by atoms with Gasteiger partial charge in [0.05, 0.1) is 23.4 Å². The van der Waals surface area contributed by atoms with Gasteiger partial charge in [0.15, 0.2) is 0 Å². The molecule has 0 aliphatic rings. The summed E-state index contributed by atoms with van der Waals surface area (Å²) in [7, 11) is 1.87. The van der Waals surface area contributed by atoms with Gasteiger partial charge in [-0.25, -0.2) is 4.98 Å². The number of hydrogen-bond donors (Lipinski definition) is 1. The highest BCUT2D eigenvalue weighted by Gasteiger charge is 2.13. The zero-order valence-electron chi connectivity index (χ0n) is 9.67. The van der Waals surface area contributed by atoms with Gasteiger partial charge in [-0.2, -0.15) is 5.10 Å². The highest BCUT2D eigenvalue weighted by Crippen LogP contribution is 2.26. The lowest BCUT2D eigenvalue weighted by Gasteiger charge is -1.93. The Morgan fingerprint density at radius 1 is 1.59 bits per heavy atom. The van der Waals surface area contributed by atoms with E-state index in [2.05, 4.69) is 10.1 Å². The first-order chi connectivity index (χ1) is 8.10. The van der Waals surface area contributed by atoms with Gasteiger partial charge < -0.3 is 5.11 Å². The smallest absolute Gasteiger partial charge is 0.309 e. The molecular weight excluding hydrogens is 238 g/mol. The van der Waals surface area contributed by atoms with Gasteiger partial charge in [0.2, 0.25) is 0 Å². The average Bonchev–Trinajstić information content (AvgIpc) is 2.83. The molecule has 90 valence electrons. The van der Waals surface area contributed by atoms with E-state index in [9.17, 15) is 4.79 Å². The summed E-state index contributed by atoms with van der Waals surface area (Å²) < 4.78 is 1.76. The van der Waals surface area contributed by atoms with Crippen molar-refractivity contribution < 1.29 is 9.90 Å². The van der Waals surface area contributed by atoms with Crippen LogP contribution in [0, 0.1) is 0 Å². The van der Waals surface area contributed by atoms with Crippen molar-refractivity contribution in [3.05, 3.63) is 23.0 Å². The van der Waals surface area contributed by atoms with E-state index in [4.69, 9.17) is 5.11 Å².